The molecular weight excluding hydrogens is 346 g/mol. The Kier molecular flexibility index (Phi) is 6.64. The lowest BCUT2D eigenvalue weighted by atomic mass is 10.1. The average Bonchev–Trinajstić information content (AvgIpc) is 2.73. The van der Waals surface area contributed by atoms with Crippen LogP contribution in [0.3, 0.4) is 0 Å². The molecule has 0 fully saturated rings. The summed E-state index contributed by atoms with van der Waals surface area (Å²) in [5, 5.41) is 0. The molecule has 0 saturated carbocycles. The quantitative estimate of drug-likeness (QED) is 0.493. The Bertz CT molecular complexity index is 917. The molecule has 28 heavy (non-hydrogen) atoms. The van der Waals surface area contributed by atoms with Crippen LogP contribution >= 0.6 is 0 Å². The highest BCUT2D eigenvalue weighted by molar-refractivity contribution is 6.06. The Hall–Kier alpha value is -3.33. The molecule has 0 radical (unpaired) electrons. The van der Waals surface area contributed by atoms with Crippen molar-refractivity contribution in [3.05, 3.63) is 108 Å². The molecule has 0 aliphatic rings. The molecule has 3 nitrogen and oxygen atoms in total. The highest BCUT2D eigenvalue weighted by Gasteiger charge is 2.17. The molecule has 0 atom stereocenters. The van der Waals surface area contributed by atoms with E-state index in [1.807, 2.05) is 59.5 Å². The first-order chi connectivity index (χ1) is 13.7. The fourth-order valence-corrected chi connectivity index (χ4v) is 3.07. The zero-order chi connectivity index (χ0) is 19.8. The third-order valence-corrected chi connectivity index (χ3v) is 4.49. The monoisotopic (exact) mass is 371 g/mol. The molecule has 142 valence electrons. The number of carbonyl (C=O) groups is 1. The summed E-state index contributed by atoms with van der Waals surface area (Å²) < 4.78 is 5.51. The summed E-state index contributed by atoms with van der Waals surface area (Å²) in [7, 11) is 0. The molecule has 3 aromatic rings. The van der Waals surface area contributed by atoms with E-state index in [-0.39, 0.29) is 5.91 Å². The number of benzene rings is 3. The summed E-state index contributed by atoms with van der Waals surface area (Å²) in [6.45, 7) is 6.78. The standard InChI is InChI=1S/C25H25NO2/c1-3-18-28-24-14-12-22(13-15-24)25(27)26(23-10-5-4-6-11-23)17-16-21-9-7-8-20(2)19-21/h3-15,19H,1,16-18H2,2H3. The molecule has 1 amide bonds. The van der Waals surface area contributed by atoms with E-state index >= 15 is 0 Å². The van der Waals surface area contributed by atoms with Gasteiger partial charge in [0, 0.05) is 17.8 Å². The smallest absolute Gasteiger partial charge is 0.258 e. The SMILES string of the molecule is C=CCOc1ccc(C(=O)N(CCc2cccc(C)c2)c2ccccc2)cc1. The summed E-state index contributed by atoms with van der Waals surface area (Å²) in [5.41, 5.74) is 3.98. The maximum Gasteiger partial charge on any atom is 0.258 e. The molecule has 0 heterocycles. The van der Waals surface area contributed by atoms with Gasteiger partial charge in [0.2, 0.25) is 0 Å². The molecular formula is C25H25NO2. The van der Waals surface area contributed by atoms with Crippen molar-refractivity contribution in [2.75, 3.05) is 18.1 Å². The van der Waals surface area contributed by atoms with Crippen LogP contribution in [0.2, 0.25) is 0 Å². The Labute approximate surface area is 166 Å². The fraction of sp³-hybridized carbons (Fsp3) is 0.160. The first kappa shape index (κ1) is 19.4. The Morgan fingerprint density at radius 2 is 1.75 bits per heavy atom. The van der Waals surface area contributed by atoms with Crippen LogP contribution < -0.4 is 9.64 Å². The van der Waals surface area contributed by atoms with Crippen molar-refractivity contribution >= 4 is 11.6 Å². The zero-order valence-corrected chi connectivity index (χ0v) is 16.2. The second-order valence-corrected chi connectivity index (χ2v) is 6.66. The van der Waals surface area contributed by atoms with Crippen molar-refractivity contribution in [3.63, 3.8) is 0 Å². The second-order valence-electron chi connectivity index (χ2n) is 6.66. The normalized spacial score (nSPS) is 10.3. The first-order valence-corrected chi connectivity index (χ1v) is 9.43. The highest BCUT2D eigenvalue weighted by atomic mass is 16.5. The van der Waals surface area contributed by atoms with Gasteiger partial charge < -0.3 is 9.64 Å². The van der Waals surface area contributed by atoms with Gasteiger partial charge in [-0.1, -0.05) is 60.7 Å². The van der Waals surface area contributed by atoms with Gasteiger partial charge in [0.25, 0.3) is 5.91 Å². The highest BCUT2D eigenvalue weighted by Crippen LogP contribution is 2.20. The van der Waals surface area contributed by atoms with Gasteiger partial charge in [0.1, 0.15) is 12.4 Å². The topological polar surface area (TPSA) is 29.5 Å². The van der Waals surface area contributed by atoms with E-state index in [1.165, 1.54) is 11.1 Å². The lowest BCUT2D eigenvalue weighted by molar-refractivity contribution is 0.0987. The van der Waals surface area contributed by atoms with Crippen LogP contribution in [0.5, 0.6) is 5.75 Å². The molecule has 0 N–H and O–H groups in total. The van der Waals surface area contributed by atoms with Crippen molar-refractivity contribution in [1.29, 1.82) is 0 Å². The summed E-state index contributed by atoms with van der Waals surface area (Å²) >= 11 is 0. The van der Waals surface area contributed by atoms with Gasteiger partial charge in [-0.05, 0) is 55.3 Å². The lowest BCUT2D eigenvalue weighted by Gasteiger charge is -2.23. The van der Waals surface area contributed by atoms with Crippen molar-refractivity contribution < 1.29 is 9.53 Å². The van der Waals surface area contributed by atoms with Crippen LogP contribution in [-0.4, -0.2) is 19.1 Å². The summed E-state index contributed by atoms with van der Waals surface area (Å²) in [6.07, 6.45) is 2.49. The number of rotatable bonds is 8. The van der Waals surface area contributed by atoms with Gasteiger partial charge in [-0.2, -0.15) is 0 Å². The molecule has 0 spiro atoms. The number of hydrogen-bond donors (Lipinski definition) is 0. The lowest BCUT2D eigenvalue weighted by Crippen LogP contribution is -2.32. The van der Waals surface area contributed by atoms with Gasteiger partial charge in [0.05, 0.1) is 0 Å². The van der Waals surface area contributed by atoms with E-state index in [0.29, 0.717) is 18.7 Å². The average molecular weight is 371 g/mol. The fourth-order valence-electron chi connectivity index (χ4n) is 3.07. The van der Waals surface area contributed by atoms with Gasteiger partial charge in [0.15, 0.2) is 0 Å². The van der Waals surface area contributed by atoms with Crippen LogP contribution in [0.15, 0.2) is 91.5 Å². The molecule has 0 saturated heterocycles. The number of hydrogen-bond acceptors (Lipinski definition) is 2. The van der Waals surface area contributed by atoms with E-state index in [0.717, 1.165) is 17.9 Å². The largest absolute Gasteiger partial charge is 0.490 e. The van der Waals surface area contributed by atoms with Gasteiger partial charge in [-0.25, -0.2) is 0 Å². The number of amides is 1. The number of carbonyl (C=O) groups excluding carboxylic acids is 1. The molecule has 3 rings (SSSR count). The molecule has 0 bridgehead atoms. The van der Waals surface area contributed by atoms with E-state index in [9.17, 15) is 4.79 Å². The van der Waals surface area contributed by atoms with Crippen LogP contribution in [0, 0.1) is 6.92 Å². The van der Waals surface area contributed by atoms with Crippen LogP contribution in [0.4, 0.5) is 5.69 Å². The number of aryl methyl sites for hydroxylation is 1. The van der Waals surface area contributed by atoms with E-state index < -0.39 is 0 Å². The minimum absolute atomic E-state index is 0.0193. The maximum absolute atomic E-state index is 13.2. The van der Waals surface area contributed by atoms with Crippen LogP contribution in [0.25, 0.3) is 0 Å². The van der Waals surface area contributed by atoms with E-state index in [1.54, 1.807) is 6.08 Å². The number of anilines is 1. The molecule has 0 aliphatic heterocycles. The molecule has 0 aliphatic carbocycles. The van der Waals surface area contributed by atoms with Crippen LogP contribution in [0.1, 0.15) is 21.5 Å². The Morgan fingerprint density at radius 3 is 2.43 bits per heavy atom. The number of para-hydroxylation sites is 1. The second kappa shape index (κ2) is 9.56. The summed E-state index contributed by atoms with van der Waals surface area (Å²) in [4.78, 5) is 15.1. The molecule has 0 unspecified atom stereocenters. The van der Waals surface area contributed by atoms with Gasteiger partial charge in [-0.15, -0.1) is 0 Å². The third kappa shape index (κ3) is 5.10. The minimum Gasteiger partial charge on any atom is -0.490 e. The van der Waals surface area contributed by atoms with Crippen molar-refractivity contribution in [1.82, 2.24) is 0 Å². The number of nitrogens with zero attached hydrogens (tertiary/aromatic N) is 1. The molecule has 0 aromatic heterocycles. The van der Waals surface area contributed by atoms with Gasteiger partial charge in [-0.3, -0.25) is 4.79 Å². The predicted molar refractivity (Wildman–Crippen MR) is 115 cm³/mol. The third-order valence-electron chi connectivity index (χ3n) is 4.49. The minimum atomic E-state index is -0.0193. The Morgan fingerprint density at radius 1 is 1.00 bits per heavy atom. The summed E-state index contributed by atoms with van der Waals surface area (Å²) in [5.74, 6) is 0.705. The Balaban J connectivity index is 1.80. The van der Waals surface area contributed by atoms with E-state index in [2.05, 4.69) is 37.8 Å². The van der Waals surface area contributed by atoms with Crippen molar-refractivity contribution in [2.24, 2.45) is 0 Å². The summed E-state index contributed by atoms with van der Waals surface area (Å²) in [6, 6.07) is 25.5. The van der Waals surface area contributed by atoms with Crippen molar-refractivity contribution in [2.45, 2.75) is 13.3 Å². The first-order valence-electron chi connectivity index (χ1n) is 9.43. The number of ether oxygens (including phenoxy) is 1. The van der Waals surface area contributed by atoms with Crippen molar-refractivity contribution in [3.8, 4) is 5.75 Å². The van der Waals surface area contributed by atoms with E-state index in [4.69, 9.17) is 4.74 Å². The zero-order valence-electron chi connectivity index (χ0n) is 16.2. The maximum atomic E-state index is 13.2. The van der Waals surface area contributed by atoms with Crippen LogP contribution in [-0.2, 0) is 6.42 Å². The predicted octanol–water partition coefficient (Wildman–Crippen LogP) is 5.45. The molecule has 3 aromatic carbocycles. The van der Waals surface area contributed by atoms with Gasteiger partial charge >= 0.3 is 0 Å². The molecule has 3 heteroatoms.